The molecule has 0 bridgehead atoms. The number of nitrogens with two attached hydrogens (primary N) is 1. The standard InChI is InChI=1S/C17H26N2O11/c1-7(20)19-13-15(29-10(4)23)14(28-9(3)22)12(6-26-8(2)21)30-17(13)27-5-11(18)16(24)25/h11-15,17H,5-6,18H2,1-4H3,(H,19,20)(H,24,25)/t11-,12+,13+,14+,15+,17?/m0/s1. The van der Waals surface area contributed by atoms with E-state index in [9.17, 15) is 24.0 Å². The second-order valence-corrected chi connectivity index (χ2v) is 6.50. The quantitative estimate of drug-likeness (QED) is 0.269. The number of esters is 3. The van der Waals surface area contributed by atoms with Crippen LogP contribution in [0.2, 0.25) is 0 Å². The molecule has 0 aromatic rings. The normalized spacial score (nSPS) is 26.8. The zero-order chi connectivity index (χ0) is 23.0. The van der Waals surface area contributed by atoms with Gasteiger partial charge in [-0.05, 0) is 0 Å². The van der Waals surface area contributed by atoms with E-state index in [4.69, 9.17) is 34.5 Å². The fourth-order valence-electron chi connectivity index (χ4n) is 2.70. The molecule has 1 rings (SSSR count). The molecule has 1 amide bonds. The summed E-state index contributed by atoms with van der Waals surface area (Å²) in [5, 5.41) is 11.4. The molecule has 30 heavy (non-hydrogen) atoms. The lowest BCUT2D eigenvalue weighted by Crippen LogP contribution is -2.66. The first-order valence-electron chi connectivity index (χ1n) is 8.92. The van der Waals surface area contributed by atoms with Gasteiger partial charge in [0, 0.05) is 27.7 Å². The van der Waals surface area contributed by atoms with Crippen molar-refractivity contribution >= 4 is 29.8 Å². The molecule has 1 fully saturated rings. The molecule has 0 aromatic heterocycles. The molecule has 0 spiro atoms. The van der Waals surface area contributed by atoms with Gasteiger partial charge in [0.15, 0.2) is 18.5 Å². The Balaban J connectivity index is 3.27. The van der Waals surface area contributed by atoms with Gasteiger partial charge in [-0.25, -0.2) is 0 Å². The van der Waals surface area contributed by atoms with Gasteiger partial charge in [0.1, 0.15) is 24.8 Å². The molecule has 1 aliphatic heterocycles. The number of carboxylic acid groups (broad SMARTS) is 1. The van der Waals surface area contributed by atoms with Gasteiger partial charge >= 0.3 is 23.9 Å². The minimum absolute atomic E-state index is 0.400. The van der Waals surface area contributed by atoms with E-state index in [0.29, 0.717) is 0 Å². The largest absolute Gasteiger partial charge is 0.480 e. The smallest absolute Gasteiger partial charge is 0.322 e. The van der Waals surface area contributed by atoms with Crippen molar-refractivity contribution in [2.75, 3.05) is 13.2 Å². The van der Waals surface area contributed by atoms with Gasteiger partial charge in [0.2, 0.25) is 5.91 Å². The number of carbonyl (C=O) groups is 5. The number of amides is 1. The summed E-state index contributed by atoms with van der Waals surface area (Å²) in [5.74, 6) is -4.06. The molecule has 170 valence electrons. The Morgan fingerprint density at radius 1 is 1.00 bits per heavy atom. The predicted molar refractivity (Wildman–Crippen MR) is 95.6 cm³/mol. The van der Waals surface area contributed by atoms with E-state index >= 15 is 0 Å². The first kappa shape index (κ1) is 25.3. The second kappa shape index (κ2) is 11.4. The summed E-state index contributed by atoms with van der Waals surface area (Å²) in [7, 11) is 0. The molecular weight excluding hydrogens is 408 g/mol. The lowest BCUT2D eigenvalue weighted by molar-refractivity contribution is -0.278. The monoisotopic (exact) mass is 434 g/mol. The predicted octanol–water partition coefficient (Wildman–Crippen LogP) is -1.93. The van der Waals surface area contributed by atoms with Crippen molar-refractivity contribution in [1.82, 2.24) is 5.32 Å². The number of carboxylic acids is 1. The number of aliphatic carboxylic acids is 1. The van der Waals surface area contributed by atoms with E-state index in [2.05, 4.69) is 5.32 Å². The highest BCUT2D eigenvalue weighted by Gasteiger charge is 2.51. The Morgan fingerprint density at radius 2 is 1.57 bits per heavy atom. The SMILES string of the molecule is CC(=O)N[C@H]1C(OC[C@H](N)C(=O)O)O[C@H](COC(C)=O)[C@@H](OC(C)=O)[C@@H]1OC(C)=O. The number of hydrogen-bond acceptors (Lipinski definition) is 11. The van der Waals surface area contributed by atoms with Crippen LogP contribution in [-0.2, 0) is 47.7 Å². The van der Waals surface area contributed by atoms with Gasteiger partial charge in [-0.3, -0.25) is 24.0 Å². The van der Waals surface area contributed by atoms with Crippen LogP contribution < -0.4 is 11.1 Å². The minimum Gasteiger partial charge on any atom is -0.480 e. The molecule has 1 aliphatic rings. The summed E-state index contributed by atoms with van der Waals surface area (Å²) in [6.07, 6.45) is -5.08. The molecule has 13 nitrogen and oxygen atoms in total. The van der Waals surface area contributed by atoms with Crippen LogP contribution in [0.1, 0.15) is 27.7 Å². The number of carbonyl (C=O) groups excluding carboxylic acids is 4. The van der Waals surface area contributed by atoms with Crippen LogP contribution in [0.3, 0.4) is 0 Å². The van der Waals surface area contributed by atoms with Crippen molar-refractivity contribution in [1.29, 1.82) is 0 Å². The van der Waals surface area contributed by atoms with Crippen molar-refractivity contribution in [2.45, 2.75) is 64.4 Å². The summed E-state index contributed by atoms with van der Waals surface area (Å²) in [4.78, 5) is 57.1. The van der Waals surface area contributed by atoms with Crippen LogP contribution in [0.15, 0.2) is 0 Å². The summed E-state index contributed by atoms with van der Waals surface area (Å²) in [5.41, 5.74) is 5.43. The van der Waals surface area contributed by atoms with E-state index in [1.54, 1.807) is 0 Å². The van der Waals surface area contributed by atoms with Crippen molar-refractivity contribution in [2.24, 2.45) is 5.73 Å². The van der Waals surface area contributed by atoms with Gasteiger partial charge in [-0.1, -0.05) is 0 Å². The van der Waals surface area contributed by atoms with Gasteiger partial charge < -0.3 is 39.8 Å². The third-order valence-corrected chi connectivity index (χ3v) is 3.83. The van der Waals surface area contributed by atoms with Crippen LogP contribution in [0, 0.1) is 0 Å². The Bertz CT molecular complexity index is 668. The van der Waals surface area contributed by atoms with Crippen LogP contribution in [-0.4, -0.2) is 84.8 Å². The second-order valence-electron chi connectivity index (χ2n) is 6.50. The van der Waals surface area contributed by atoms with Gasteiger partial charge in [-0.2, -0.15) is 0 Å². The van der Waals surface area contributed by atoms with E-state index < -0.39 is 79.7 Å². The molecule has 0 radical (unpaired) electrons. The Hall–Kier alpha value is -2.77. The molecule has 4 N–H and O–H groups in total. The minimum atomic E-state index is -1.41. The molecule has 13 heteroatoms. The Kier molecular flexibility index (Phi) is 9.62. The average Bonchev–Trinajstić information content (AvgIpc) is 2.60. The number of ether oxygens (including phenoxy) is 5. The first-order valence-corrected chi connectivity index (χ1v) is 8.92. The fourth-order valence-corrected chi connectivity index (χ4v) is 2.70. The highest BCUT2D eigenvalue weighted by Crippen LogP contribution is 2.28. The number of rotatable bonds is 9. The van der Waals surface area contributed by atoms with Crippen LogP contribution in [0.4, 0.5) is 0 Å². The van der Waals surface area contributed by atoms with Gasteiger partial charge in [0.05, 0.1) is 6.61 Å². The average molecular weight is 434 g/mol. The molecule has 1 saturated heterocycles. The fraction of sp³-hybridized carbons (Fsp3) is 0.706. The molecule has 0 aromatic carbocycles. The lowest BCUT2D eigenvalue weighted by atomic mass is 9.96. The molecule has 6 atom stereocenters. The maximum atomic E-state index is 11.7. The molecule has 0 saturated carbocycles. The molecule has 1 heterocycles. The van der Waals surface area contributed by atoms with Crippen molar-refractivity contribution in [3.63, 3.8) is 0 Å². The third-order valence-electron chi connectivity index (χ3n) is 3.83. The zero-order valence-electron chi connectivity index (χ0n) is 17.0. The molecule has 0 aliphatic carbocycles. The van der Waals surface area contributed by atoms with Crippen molar-refractivity contribution in [3.8, 4) is 0 Å². The number of nitrogens with one attached hydrogen (secondary N) is 1. The van der Waals surface area contributed by atoms with Crippen LogP contribution in [0.5, 0.6) is 0 Å². The number of hydrogen-bond donors (Lipinski definition) is 3. The summed E-state index contributed by atoms with van der Waals surface area (Å²) >= 11 is 0. The van der Waals surface area contributed by atoms with E-state index in [1.807, 2.05) is 0 Å². The maximum Gasteiger partial charge on any atom is 0.322 e. The summed E-state index contributed by atoms with van der Waals surface area (Å²) in [6.45, 7) is 3.62. The van der Waals surface area contributed by atoms with E-state index in [0.717, 1.165) is 20.8 Å². The molecular formula is C17H26N2O11. The van der Waals surface area contributed by atoms with Crippen LogP contribution >= 0.6 is 0 Å². The topological polar surface area (TPSA) is 190 Å². The lowest BCUT2D eigenvalue weighted by Gasteiger charge is -2.45. The van der Waals surface area contributed by atoms with E-state index in [1.165, 1.54) is 6.92 Å². The Labute approximate surface area is 172 Å². The zero-order valence-corrected chi connectivity index (χ0v) is 17.0. The van der Waals surface area contributed by atoms with Crippen molar-refractivity contribution < 1.29 is 52.8 Å². The van der Waals surface area contributed by atoms with Crippen molar-refractivity contribution in [3.05, 3.63) is 0 Å². The van der Waals surface area contributed by atoms with Crippen LogP contribution in [0.25, 0.3) is 0 Å². The summed E-state index contributed by atoms with van der Waals surface area (Å²) in [6, 6.07) is -2.60. The third kappa shape index (κ3) is 7.93. The van der Waals surface area contributed by atoms with Gasteiger partial charge in [0.25, 0.3) is 0 Å². The first-order chi connectivity index (χ1) is 13.9. The highest BCUT2D eigenvalue weighted by molar-refractivity contribution is 5.74. The van der Waals surface area contributed by atoms with Gasteiger partial charge in [-0.15, -0.1) is 0 Å². The van der Waals surface area contributed by atoms with E-state index in [-0.39, 0.29) is 0 Å². The maximum absolute atomic E-state index is 11.7. The highest BCUT2D eigenvalue weighted by atomic mass is 16.7. The Morgan fingerprint density at radius 3 is 2.03 bits per heavy atom. The summed E-state index contributed by atoms with van der Waals surface area (Å²) < 4.78 is 26.5. The molecule has 1 unspecified atom stereocenters.